The molecule has 27 heavy (non-hydrogen) atoms. The van der Waals surface area contributed by atoms with Crippen LogP contribution in [0, 0.1) is 5.92 Å². The molecule has 1 aromatic carbocycles. The van der Waals surface area contributed by atoms with Gasteiger partial charge in [-0.05, 0) is 76.7 Å². The molecule has 0 aliphatic carbocycles. The Morgan fingerprint density at radius 1 is 1.19 bits per heavy atom. The minimum atomic E-state index is -0.190. The van der Waals surface area contributed by atoms with Crippen LogP contribution in [0.5, 0.6) is 0 Å². The van der Waals surface area contributed by atoms with Gasteiger partial charge in [-0.25, -0.2) is 0 Å². The van der Waals surface area contributed by atoms with E-state index in [1.165, 1.54) is 0 Å². The molecule has 0 saturated carbocycles. The number of amides is 2. The standard InChI is InChI=1S/C21H32ClN3O2/c1-21(2,3)24-20(27)15-25-11-9-17(10-12-25)14-23-19(26)8-7-16-5-4-6-18(22)13-16/h4-6,13,17H,7-12,14-15H2,1-3H3,(H,23,26)(H,24,27). The first kappa shape index (κ1) is 21.7. The van der Waals surface area contributed by atoms with Crippen LogP contribution in [0.3, 0.4) is 0 Å². The zero-order chi connectivity index (χ0) is 19.9. The van der Waals surface area contributed by atoms with E-state index in [0.717, 1.165) is 38.0 Å². The zero-order valence-corrected chi connectivity index (χ0v) is 17.4. The maximum atomic E-state index is 12.1. The molecule has 5 nitrogen and oxygen atoms in total. The summed E-state index contributed by atoms with van der Waals surface area (Å²) in [5.41, 5.74) is 0.893. The van der Waals surface area contributed by atoms with Gasteiger partial charge in [0.05, 0.1) is 6.54 Å². The van der Waals surface area contributed by atoms with Crippen LogP contribution < -0.4 is 10.6 Å². The highest BCUT2D eigenvalue weighted by molar-refractivity contribution is 6.30. The second kappa shape index (κ2) is 10.1. The predicted molar refractivity (Wildman–Crippen MR) is 110 cm³/mol. The van der Waals surface area contributed by atoms with E-state index in [9.17, 15) is 9.59 Å². The van der Waals surface area contributed by atoms with E-state index in [4.69, 9.17) is 11.6 Å². The van der Waals surface area contributed by atoms with Crippen molar-refractivity contribution in [3.8, 4) is 0 Å². The predicted octanol–water partition coefficient (Wildman–Crippen LogP) is 3.02. The molecule has 0 bridgehead atoms. The Morgan fingerprint density at radius 3 is 2.52 bits per heavy atom. The third-order valence-corrected chi connectivity index (χ3v) is 4.94. The number of carbonyl (C=O) groups is 2. The summed E-state index contributed by atoms with van der Waals surface area (Å²) in [6.45, 7) is 8.96. The number of aryl methyl sites for hydroxylation is 1. The Bertz CT molecular complexity index is 635. The summed E-state index contributed by atoms with van der Waals surface area (Å²) in [6.07, 6.45) is 3.20. The quantitative estimate of drug-likeness (QED) is 0.748. The molecule has 1 aliphatic rings. The van der Waals surface area contributed by atoms with Gasteiger partial charge in [-0.1, -0.05) is 23.7 Å². The van der Waals surface area contributed by atoms with Crippen LogP contribution in [0.1, 0.15) is 45.6 Å². The molecular formula is C21H32ClN3O2. The van der Waals surface area contributed by atoms with Gasteiger partial charge in [0.25, 0.3) is 0 Å². The van der Waals surface area contributed by atoms with Gasteiger partial charge in [0, 0.05) is 23.5 Å². The molecule has 150 valence electrons. The molecular weight excluding hydrogens is 362 g/mol. The molecule has 0 unspecified atom stereocenters. The van der Waals surface area contributed by atoms with Crippen molar-refractivity contribution in [1.29, 1.82) is 0 Å². The normalized spacial score (nSPS) is 16.1. The number of piperidine rings is 1. The topological polar surface area (TPSA) is 61.4 Å². The van der Waals surface area contributed by atoms with Gasteiger partial charge >= 0.3 is 0 Å². The lowest BCUT2D eigenvalue weighted by molar-refractivity contribution is -0.124. The van der Waals surface area contributed by atoms with Gasteiger partial charge in [-0.3, -0.25) is 14.5 Å². The molecule has 0 atom stereocenters. The van der Waals surface area contributed by atoms with E-state index in [1.54, 1.807) is 0 Å². The van der Waals surface area contributed by atoms with E-state index >= 15 is 0 Å². The van der Waals surface area contributed by atoms with Crippen molar-refractivity contribution in [3.63, 3.8) is 0 Å². The van der Waals surface area contributed by atoms with Crippen LogP contribution in [0.25, 0.3) is 0 Å². The zero-order valence-electron chi connectivity index (χ0n) is 16.7. The monoisotopic (exact) mass is 393 g/mol. The highest BCUT2D eigenvalue weighted by Crippen LogP contribution is 2.16. The van der Waals surface area contributed by atoms with Crippen molar-refractivity contribution in [3.05, 3.63) is 34.9 Å². The van der Waals surface area contributed by atoms with Crippen molar-refractivity contribution in [2.75, 3.05) is 26.2 Å². The van der Waals surface area contributed by atoms with E-state index in [1.807, 2.05) is 45.0 Å². The lowest BCUT2D eigenvalue weighted by Gasteiger charge is -2.32. The Balaban J connectivity index is 1.61. The van der Waals surface area contributed by atoms with Gasteiger partial charge in [0.15, 0.2) is 0 Å². The Labute approximate surface area is 167 Å². The number of halogens is 1. The van der Waals surface area contributed by atoms with Gasteiger partial charge < -0.3 is 10.6 Å². The average molecular weight is 394 g/mol. The van der Waals surface area contributed by atoms with Crippen LogP contribution in [0.15, 0.2) is 24.3 Å². The van der Waals surface area contributed by atoms with Gasteiger partial charge in [0.2, 0.25) is 11.8 Å². The summed E-state index contributed by atoms with van der Waals surface area (Å²) in [7, 11) is 0. The Morgan fingerprint density at radius 2 is 1.89 bits per heavy atom. The highest BCUT2D eigenvalue weighted by Gasteiger charge is 2.22. The van der Waals surface area contributed by atoms with Crippen molar-refractivity contribution < 1.29 is 9.59 Å². The van der Waals surface area contributed by atoms with E-state index in [0.29, 0.717) is 30.3 Å². The SMILES string of the molecule is CC(C)(C)NC(=O)CN1CCC(CNC(=O)CCc2cccc(Cl)c2)CC1. The summed E-state index contributed by atoms with van der Waals surface area (Å²) in [5.74, 6) is 0.652. The first-order valence-corrected chi connectivity index (χ1v) is 10.1. The summed E-state index contributed by atoms with van der Waals surface area (Å²) in [4.78, 5) is 26.3. The largest absolute Gasteiger partial charge is 0.356 e. The molecule has 2 N–H and O–H groups in total. The Hall–Kier alpha value is -1.59. The number of benzene rings is 1. The van der Waals surface area contributed by atoms with Crippen LogP contribution >= 0.6 is 11.6 Å². The number of nitrogens with one attached hydrogen (secondary N) is 2. The number of hydrogen-bond acceptors (Lipinski definition) is 3. The molecule has 0 spiro atoms. The van der Waals surface area contributed by atoms with Crippen molar-refractivity contribution in [2.45, 2.75) is 52.0 Å². The third-order valence-electron chi connectivity index (χ3n) is 4.71. The van der Waals surface area contributed by atoms with E-state index in [2.05, 4.69) is 15.5 Å². The van der Waals surface area contributed by atoms with E-state index in [-0.39, 0.29) is 17.4 Å². The smallest absolute Gasteiger partial charge is 0.234 e. The van der Waals surface area contributed by atoms with Crippen molar-refractivity contribution in [1.82, 2.24) is 15.5 Å². The molecule has 1 heterocycles. The fourth-order valence-electron chi connectivity index (χ4n) is 3.31. The lowest BCUT2D eigenvalue weighted by Crippen LogP contribution is -2.48. The third kappa shape index (κ3) is 8.76. The number of hydrogen-bond donors (Lipinski definition) is 2. The van der Waals surface area contributed by atoms with E-state index < -0.39 is 0 Å². The maximum absolute atomic E-state index is 12.1. The second-order valence-electron chi connectivity index (χ2n) is 8.45. The Kier molecular flexibility index (Phi) is 8.11. The summed E-state index contributed by atoms with van der Waals surface area (Å²) < 4.78 is 0. The summed E-state index contributed by atoms with van der Waals surface area (Å²) in [5, 5.41) is 6.76. The van der Waals surface area contributed by atoms with Crippen LogP contribution in [-0.2, 0) is 16.0 Å². The molecule has 0 radical (unpaired) electrons. The van der Waals surface area contributed by atoms with Crippen molar-refractivity contribution in [2.24, 2.45) is 5.92 Å². The second-order valence-corrected chi connectivity index (χ2v) is 8.89. The minimum absolute atomic E-state index is 0.0790. The molecule has 2 rings (SSSR count). The molecule has 2 amide bonds. The van der Waals surface area contributed by atoms with Crippen LogP contribution in [0.2, 0.25) is 5.02 Å². The molecule has 1 saturated heterocycles. The maximum Gasteiger partial charge on any atom is 0.234 e. The molecule has 0 aromatic heterocycles. The van der Waals surface area contributed by atoms with Gasteiger partial charge in [-0.15, -0.1) is 0 Å². The molecule has 6 heteroatoms. The minimum Gasteiger partial charge on any atom is -0.356 e. The summed E-state index contributed by atoms with van der Waals surface area (Å²) >= 11 is 5.97. The molecule has 1 fully saturated rings. The lowest BCUT2D eigenvalue weighted by atomic mass is 9.96. The van der Waals surface area contributed by atoms with Crippen molar-refractivity contribution >= 4 is 23.4 Å². The fraction of sp³-hybridized carbons (Fsp3) is 0.619. The number of rotatable bonds is 7. The van der Waals surface area contributed by atoms with Crippen LogP contribution in [-0.4, -0.2) is 48.4 Å². The fourth-order valence-corrected chi connectivity index (χ4v) is 3.52. The van der Waals surface area contributed by atoms with Gasteiger partial charge in [0.1, 0.15) is 0 Å². The number of carbonyl (C=O) groups excluding carboxylic acids is 2. The average Bonchev–Trinajstić information content (AvgIpc) is 2.58. The highest BCUT2D eigenvalue weighted by atomic mass is 35.5. The molecule has 1 aromatic rings. The molecule has 1 aliphatic heterocycles. The summed E-state index contributed by atoms with van der Waals surface area (Å²) in [6, 6.07) is 7.64. The first-order chi connectivity index (χ1) is 12.7. The van der Waals surface area contributed by atoms with Gasteiger partial charge in [-0.2, -0.15) is 0 Å². The number of likely N-dealkylation sites (tertiary alicyclic amines) is 1. The van der Waals surface area contributed by atoms with Crippen LogP contribution in [0.4, 0.5) is 0 Å². The number of nitrogens with zero attached hydrogens (tertiary/aromatic N) is 1. The first-order valence-electron chi connectivity index (χ1n) is 9.76.